The van der Waals surface area contributed by atoms with Crippen molar-refractivity contribution in [3.8, 4) is 17.2 Å². The van der Waals surface area contributed by atoms with Crippen LogP contribution in [0, 0.1) is 5.41 Å². The SMILES string of the molecule is CC(C)(C)C(=O)Oc1ccc(C(=O)C=Cc2ccc3c(c2)OCO3)cc1. The Hall–Kier alpha value is -3.08. The molecule has 0 atom stereocenters. The Labute approximate surface area is 152 Å². The fourth-order valence-electron chi connectivity index (χ4n) is 2.23. The summed E-state index contributed by atoms with van der Waals surface area (Å²) in [4.78, 5) is 24.2. The summed E-state index contributed by atoms with van der Waals surface area (Å²) in [7, 11) is 0. The molecule has 1 aliphatic heterocycles. The van der Waals surface area contributed by atoms with Gasteiger partial charge in [-0.3, -0.25) is 9.59 Å². The van der Waals surface area contributed by atoms with Gasteiger partial charge in [-0.25, -0.2) is 0 Å². The molecule has 0 saturated heterocycles. The van der Waals surface area contributed by atoms with Crippen molar-refractivity contribution in [3.63, 3.8) is 0 Å². The zero-order valence-electron chi connectivity index (χ0n) is 14.9. The van der Waals surface area contributed by atoms with Gasteiger partial charge in [-0.15, -0.1) is 0 Å². The van der Waals surface area contributed by atoms with E-state index in [1.807, 2.05) is 18.2 Å². The minimum Gasteiger partial charge on any atom is -0.454 e. The first-order valence-electron chi connectivity index (χ1n) is 8.27. The Morgan fingerprint density at radius 2 is 1.69 bits per heavy atom. The molecule has 26 heavy (non-hydrogen) atoms. The van der Waals surface area contributed by atoms with Gasteiger partial charge in [0.05, 0.1) is 5.41 Å². The number of fused-ring (bicyclic) bond motifs is 1. The number of benzene rings is 2. The van der Waals surface area contributed by atoms with Crippen LogP contribution in [-0.2, 0) is 4.79 Å². The topological polar surface area (TPSA) is 61.8 Å². The molecule has 0 aromatic heterocycles. The van der Waals surface area contributed by atoms with E-state index in [0.717, 1.165) is 5.56 Å². The lowest BCUT2D eigenvalue weighted by Gasteiger charge is -2.16. The number of carbonyl (C=O) groups is 2. The van der Waals surface area contributed by atoms with Crippen LogP contribution in [0.25, 0.3) is 6.08 Å². The quantitative estimate of drug-likeness (QED) is 0.356. The summed E-state index contributed by atoms with van der Waals surface area (Å²) in [6.45, 7) is 5.57. The van der Waals surface area contributed by atoms with Crippen molar-refractivity contribution in [2.45, 2.75) is 20.8 Å². The highest BCUT2D eigenvalue weighted by atomic mass is 16.7. The summed E-state index contributed by atoms with van der Waals surface area (Å²) in [5.74, 6) is 1.33. The molecule has 3 rings (SSSR count). The maximum absolute atomic E-state index is 12.3. The number of allylic oxidation sites excluding steroid dienone is 1. The zero-order valence-corrected chi connectivity index (χ0v) is 14.9. The molecule has 0 radical (unpaired) electrons. The molecule has 5 heteroatoms. The normalized spacial score (nSPS) is 13.0. The Morgan fingerprint density at radius 3 is 2.38 bits per heavy atom. The number of ketones is 1. The van der Waals surface area contributed by atoms with Crippen LogP contribution < -0.4 is 14.2 Å². The largest absolute Gasteiger partial charge is 0.454 e. The molecule has 1 heterocycles. The van der Waals surface area contributed by atoms with Crippen molar-refractivity contribution in [3.05, 3.63) is 59.7 Å². The van der Waals surface area contributed by atoms with E-state index in [1.54, 1.807) is 51.1 Å². The standard InChI is InChI=1S/C21H20O5/c1-21(2,3)20(23)26-16-8-6-15(7-9-16)17(22)10-4-14-5-11-18-19(12-14)25-13-24-18/h4-12H,13H2,1-3H3. The van der Waals surface area contributed by atoms with E-state index < -0.39 is 5.41 Å². The van der Waals surface area contributed by atoms with Crippen LogP contribution in [0.5, 0.6) is 17.2 Å². The third-order valence-corrected chi connectivity index (χ3v) is 3.79. The molecule has 0 N–H and O–H groups in total. The Balaban J connectivity index is 1.65. The van der Waals surface area contributed by atoms with Crippen molar-refractivity contribution in [2.24, 2.45) is 5.41 Å². The molecule has 0 aliphatic carbocycles. The first-order valence-corrected chi connectivity index (χ1v) is 8.27. The molecule has 5 nitrogen and oxygen atoms in total. The lowest BCUT2D eigenvalue weighted by Crippen LogP contribution is -2.25. The lowest BCUT2D eigenvalue weighted by atomic mass is 9.97. The highest BCUT2D eigenvalue weighted by Gasteiger charge is 2.23. The molecule has 0 unspecified atom stereocenters. The fraction of sp³-hybridized carbons (Fsp3) is 0.238. The van der Waals surface area contributed by atoms with Gasteiger partial charge in [-0.05, 0) is 68.8 Å². The minimum atomic E-state index is -0.582. The number of carbonyl (C=O) groups excluding carboxylic acids is 2. The van der Waals surface area contributed by atoms with Gasteiger partial charge < -0.3 is 14.2 Å². The van der Waals surface area contributed by atoms with Gasteiger partial charge in [0.2, 0.25) is 6.79 Å². The Bertz CT molecular complexity index is 857. The predicted octanol–water partition coefficient (Wildman–Crippen LogP) is 4.26. The van der Waals surface area contributed by atoms with E-state index in [2.05, 4.69) is 0 Å². The number of hydrogen-bond donors (Lipinski definition) is 0. The number of esters is 1. The van der Waals surface area contributed by atoms with E-state index >= 15 is 0 Å². The summed E-state index contributed by atoms with van der Waals surface area (Å²) in [5.41, 5.74) is 0.776. The van der Waals surface area contributed by atoms with Crippen molar-refractivity contribution in [2.75, 3.05) is 6.79 Å². The van der Waals surface area contributed by atoms with E-state index in [4.69, 9.17) is 14.2 Å². The monoisotopic (exact) mass is 352 g/mol. The second kappa shape index (κ2) is 7.04. The molecule has 0 saturated carbocycles. The van der Waals surface area contributed by atoms with Gasteiger partial charge in [-0.2, -0.15) is 0 Å². The fourth-order valence-corrected chi connectivity index (χ4v) is 2.23. The molecule has 0 bridgehead atoms. The van der Waals surface area contributed by atoms with Gasteiger partial charge in [0, 0.05) is 5.56 Å². The van der Waals surface area contributed by atoms with Crippen LogP contribution in [0.3, 0.4) is 0 Å². The van der Waals surface area contributed by atoms with Gasteiger partial charge in [-0.1, -0.05) is 12.1 Å². The van der Waals surface area contributed by atoms with E-state index in [-0.39, 0.29) is 18.5 Å². The van der Waals surface area contributed by atoms with Crippen molar-refractivity contribution in [1.82, 2.24) is 0 Å². The lowest BCUT2D eigenvalue weighted by molar-refractivity contribution is -0.142. The van der Waals surface area contributed by atoms with Crippen molar-refractivity contribution in [1.29, 1.82) is 0 Å². The Morgan fingerprint density at radius 1 is 1.00 bits per heavy atom. The summed E-state index contributed by atoms with van der Waals surface area (Å²) in [6, 6.07) is 12.0. The highest BCUT2D eigenvalue weighted by molar-refractivity contribution is 6.06. The molecule has 1 aliphatic rings. The minimum absolute atomic E-state index is 0.142. The average molecular weight is 352 g/mol. The molecule has 2 aromatic carbocycles. The van der Waals surface area contributed by atoms with Crippen molar-refractivity contribution < 1.29 is 23.8 Å². The van der Waals surface area contributed by atoms with E-state index in [0.29, 0.717) is 22.8 Å². The number of rotatable bonds is 4. The first-order chi connectivity index (χ1) is 12.3. The molecule has 0 spiro atoms. The summed E-state index contributed by atoms with van der Waals surface area (Å²) < 4.78 is 15.9. The third-order valence-electron chi connectivity index (χ3n) is 3.79. The summed E-state index contributed by atoms with van der Waals surface area (Å²) >= 11 is 0. The maximum Gasteiger partial charge on any atom is 0.316 e. The van der Waals surface area contributed by atoms with Crippen LogP contribution in [0.1, 0.15) is 36.7 Å². The molecular formula is C21H20O5. The second-order valence-electron chi connectivity index (χ2n) is 6.97. The molecule has 0 amide bonds. The molecular weight excluding hydrogens is 332 g/mol. The zero-order chi connectivity index (χ0) is 18.7. The van der Waals surface area contributed by atoms with Crippen molar-refractivity contribution >= 4 is 17.8 Å². The summed E-state index contributed by atoms with van der Waals surface area (Å²) in [5, 5.41) is 0. The van der Waals surface area contributed by atoms with Gasteiger partial charge in [0.15, 0.2) is 17.3 Å². The van der Waals surface area contributed by atoms with Crippen LogP contribution in [0.15, 0.2) is 48.5 Å². The summed E-state index contributed by atoms with van der Waals surface area (Å²) in [6.07, 6.45) is 3.21. The van der Waals surface area contributed by atoms with Gasteiger partial charge >= 0.3 is 5.97 Å². The van der Waals surface area contributed by atoms with Crippen LogP contribution >= 0.6 is 0 Å². The van der Waals surface area contributed by atoms with Gasteiger partial charge in [0.25, 0.3) is 0 Å². The van der Waals surface area contributed by atoms with E-state index in [9.17, 15) is 9.59 Å². The molecule has 2 aromatic rings. The highest BCUT2D eigenvalue weighted by Crippen LogP contribution is 2.32. The maximum atomic E-state index is 12.3. The smallest absolute Gasteiger partial charge is 0.316 e. The van der Waals surface area contributed by atoms with Crippen LogP contribution in [-0.4, -0.2) is 18.5 Å². The van der Waals surface area contributed by atoms with E-state index in [1.165, 1.54) is 6.08 Å². The molecule has 0 fully saturated rings. The molecule has 134 valence electrons. The Kier molecular flexibility index (Phi) is 4.80. The third kappa shape index (κ3) is 4.11. The first kappa shape index (κ1) is 17.7. The average Bonchev–Trinajstić information content (AvgIpc) is 3.07. The van der Waals surface area contributed by atoms with Crippen LogP contribution in [0.2, 0.25) is 0 Å². The second-order valence-corrected chi connectivity index (χ2v) is 6.97. The predicted molar refractivity (Wildman–Crippen MR) is 97.5 cm³/mol. The van der Waals surface area contributed by atoms with Crippen LogP contribution in [0.4, 0.5) is 0 Å². The van der Waals surface area contributed by atoms with Gasteiger partial charge in [0.1, 0.15) is 5.75 Å². The number of ether oxygens (including phenoxy) is 3. The number of hydrogen-bond acceptors (Lipinski definition) is 5.